The van der Waals surface area contributed by atoms with Gasteiger partial charge in [0.25, 0.3) is 0 Å². The minimum Gasteiger partial charge on any atom is -0.330 e. The molecule has 0 bridgehead atoms. The monoisotopic (exact) mass is 124 g/mol. The highest BCUT2D eigenvalue weighted by atomic mass is 16.2. The van der Waals surface area contributed by atoms with Crippen molar-refractivity contribution in [3.63, 3.8) is 0 Å². The summed E-state index contributed by atoms with van der Waals surface area (Å²) in [7, 11) is 0. The second kappa shape index (κ2) is 1.50. The van der Waals surface area contributed by atoms with E-state index in [1.54, 1.807) is 0 Å². The molecule has 1 aliphatic heterocycles. The molecule has 0 saturated carbocycles. The second-order valence-corrected chi connectivity index (χ2v) is 2.39. The van der Waals surface area contributed by atoms with E-state index in [1.807, 2.05) is 0 Å². The van der Waals surface area contributed by atoms with E-state index in [4.69, 9.17) is 0 Å². The van der Waals surface area contributed by atoms with Crippen LogP contribution >= 0.6 is 0 Å². The number of fused-ring (bicyclic) bond motifs is 1. The zero-order valence-electron chi connectivity index (χ0n) is 4.98. The van der Waals surface area contributed by atoms with Crippen LogP contribution in [0.1, 0.15) is 12.8 Å². The summed E-state index contributed by atoms with van der Waals surface area (Å²) in [6.45, 7) is 0. The van der Waals surface area contributed by atoms with Crippen LogP contribution in [0.4, 0.5) is 4.79 Å². The molecule has 0 radical (unpaired) electrons. The van der Waals surface area contributed by atoms with Crippen LogP contribution in [0, 0.1) is 0 Å². The Kier molecular flexibility index (Phi) is 0.806. The summed E-state index contributed by atoms with van der Waals surface area (Å²) in [5.74, 6) is 0. The topological polar surface area (TPSA) is 41.1 Å². The highest BCUT2D eigenvalue weighted by Crippen LogP contribution is 2.19. The lowest BCUT2D eigenvalue weighted by Crippen LogP contribution is -2.25. The molecule has 1 unspecified atom stereocenters. The first-order valence-corrected chi connectivity index (χ1v) is 3.14. The third kappa shape index (κ3) is 0.608. The summed E-state index contributed by atoms with van der Waals surface area (Å²) in [4.78, 5) is 10.6. The van der Waals surface area contributed by atoms with Crippen molar-refractivity contribution in [1.29, 1.82) is 0 Å². The van der Waals surface area contributed by atoms with E-state index in [2.05, 4.69) is 16.7 Å². The van der Waals surface area contributed by atoms with Gasteiger partial charge in [0.05, 0.1) is 6.04 Å². The Bertz CT molecular complexity index is 185. The molecule has 1 heterocycles. The molecule has 1 saturated heterocycles. The van der Waals surface area contributed by atoms with Crippen molar-refractivity contribution in [3.05, 3.63) is 11.8 Å². The molecule has 48 valence electrons. The Morgan fingerprint density at radius 3 is 3.33 bits per heavy atom. The zero-order valence-corrected chi connectivity index (χ0v) is 4.98. The molecule has 2 aliphatic rings. The van der Waals surface area contributed by atoms with Gasteiger partial charge in [0.1, 0.15) is 0 Å². The smallest absolute Gasteiger partial charge is 0.319 e. The SMILES string of the molecule is O=C1NC2=CCCC2N1. The largest absolute Gasteiger partial charge is 0.330 e. The van der Waals surface area contributed by atoms with Crippen LogP contribution < -0.4 is 10.6 Å². The van der Waals surface area contributed by atoms with Crippen LogP contribution in [-0.4, -0.2) is 12.1 Å². The molecule has 3 heteroatoms. The van der Waals surface area contributed by atoms with Gasteiger partial charge in [-0.05, 0) is 12.8 Å². The number of carbonyl (C=O) groups is 1. The fraction of sp³-hybridized carbons (Fsp3) is 0.500. The first-order chi connectivity index (χ1) is 4.36. The molecule has 0 aromatic heterocycles. The molecule has 0 spiro atoms. The van der Waals surface area contributed by atoms with Gasteiger partial charge in [-0.15, -0.1) is 0 Å². The lowest BCUT2D eigenvalue weighted by Gasteiger charge is -1.99. The fourth-order valence-electron chi connectivity index (χ4n) is 1.32. The molecular weight excluding hydrogens is 116 g/mol. The number of rotatable bonds is 0. The van der Waals surface area contributed by atoms with Gasteiger partial charge in [-0.1, -0.05) is 6.08 Å². The third-order valence-electron chi connectivity index (χ3n) is 1.76. The second-order valence-electron chi connectivity index (χ2n) is 2.39. The Morgan fingerprint density at radius 1 is 1.67 bits per heavy atom. The van der Waals surface area contributed by atoms with E-state index >= 15 is 0 Å². The average molecular weight is 124 g/mol. The van der Waals surface area contributed by atoms with E-state index in [-0.39, 0.29) is 6.03 Å². The van der Waals surface area contributed by atoms with Crippen molar-refractivity contribution in [2.24, 2.45) is 0 Å². The van der Waals surface area contributed by atoms with E-state index in [0.717, 1.165) is 18.5 Å². The van der Waals surface area contributed by atoms with Crippen LogP contribution in [0.25, 0.3) is 0 Å². The van der Waals surface area contributed by atoms with Gasteiger partial charge in [-0.2, -0.15) is 0 Å². The predicted octanol–water partition coefficient (Wildman–Crippen LogP) is 0.345. The van der Waals surface area contributed by atoms with Crippen molar-refractivity contribution >= 4 is 6.03 Å². The highest BCUT2D eigenvalue weighted by Gasteiger charge is 2.27. The van der Waals surface area contributed by atoms with Gasteiger partial charge >= 0.3 is 6.03 Å². The number of urea groups is 1. The van der Waals surface area contributed by atoms with Gasteiger partial charge in [-0.3, -0.25) is 0 Å². The number of amides is 2. The molecule has 3 nitrogen and oxygen atoms in total. The maximum atomic E-state index is 10.6. The summed E-state index contributed by atoms with van der Waals surface area (Å²) in [6, 6.07) is 0.253. The summed E-state index contributed by atoms with van der Waals surface area (Å²) in [5.41, 5.74) is 1.07. The molecule has 2 N–H and O–H groups in total. The van der Waals surface area contributed by atoms with E-state index in [1.165, 1.54) is 0 Å². The maximum absolute atomic E-state index is 10.6. The van der Waals surface area contributed by atoms with Gasteiger partial charge in [0.15, 0.2) is 0 Å². The molecule has 0 aromatic carbocycles. The summed E-state index contributed by atoms with van der Waals surface area (Å²) >= 11 is 0. The van der Waals surface area contributed by atoms with E-state index in [9.17, 15) is 4.79 Å². The predicted molar refractivity (Wildman–Crippen MR) is 32.8 cm³/mol. The quantitative estimate of drug-likeness (QED) is 0.480. The van der Waals surface area contributed by atoms with Crippen LogP contribution in [0.2, 0.25) is 0 Å². The summed E-state index contributed by atoms with van der Waals surface area (Å²) in [5, 5.41) is 5.52. The molecular formula is C6H8N2O. The van der Waals surface area contributed by atoms with Gasteiger partial charge in [0.2, 0.25) is 0 Å². The zero-order chi connectivity index (χ0) is 6.27. The van der Waals surface area contributed by atoms with Crippen molar-refractivity contribution in [3.8, 4) is 0 Å². The Morgan fingerprint density at radius 2 is 2.56 bits per heavy atom. The first kappa shape index (κ1) is 4.85. The molecule has 1 aliphatic carbocycles. The first-order valence-electron chi connectivity index (χ1n) is 3.14. The number of nitrogens with one attached hydrogen (secondary N) is 2. The molecule has 2 rings (SSSR count). The Hall–Kier alpha value is -0.990. The summed E-state index contributed by atoms with van der Waals surface area (Å²) in [6.07, 6.45) is 4.23. The maximum Gasteiger partial charge on any atom is 0.319 e. The minimum atomic E-state index is -0.0500. The van der Waals surface area contributed by atoms with Crippen molar-refractivity contribution in [2.45, 2.75) is 18.9 Å². The molecule has 1 atom stereocenters. The number of carbonyl (C=O) groups excluding carboxylic acids is 1. The van der Waals surface area contributed by atoms with Crippen LogP contribution in [-0.2, 0) is 0 Å². The number of hydrogen-bond acceptors (Lipinski definition) is 1. The minimum absolute atomic E-state index is 0.0500. The van der Waals surface area contributed by atoms with Gasteiger partial charge < -0.3 is 10.6 Å². The van der Waals surface area contributed by atoms with Crippen molar-refractivity contribution < 1.29 is 4.79 Å². The molecule has 9 heavy (non-hydrogen) atoms. The molecule has 2 amide bonds. The third-order valence-corrected chi connectivity index (χ3v) is 1.76. The molecule has 1 fully saturated rings. The van der Waals surface area contributed by atoms with Crippen molar-refractivity contribution in [1.82, 2.24) is 10.6 Å². The highest BCUT2D eigenvalue weighted by molar-refractivity contribution is 5.80. The van der Waals surface area contributed by atoms with E-state index in [0.29, 0.717) is 6.04 Å². The van der Waals surface area contributed by atoms with Gasteiger partial charge in [-0.25, -0.2) is 4.79 Å². The number of allylic oxidation sites excluding steroid dienone is 1. The Labute approximate surface area is 53.1 Å². The van der Waals surface area contributed by atoms with Crippen molar-refractivity contribution in [2.75, 3.05) is 0 Å². The average Bonchev–Trinajstić information content (AvgIpc) is 2.22. The van der Waals surface area contributed by atoms with Crippen LogP contribution in [0.3, 0.4) is 0 Å². The Balaban J connectivity index is 2.24. The summed E-state index contributed by atoms with van der Waals surface area (Å²) < 4.78 is 0. The number of hydrogen-bond donors (Lipinski definition) is 2. The lowest BCUT2D eigenvalue weighted by atomic mass is 10.2. The lowest BCUT2D eigenvalue weighted by molar-refractivity contribution is 0.247. The fourth-order valence-corrected chi connectivity index (χ4v) is 1.32. The van der Waals surface area contributed by atoms with Gasteiger partial charge in [0, 0.05) is 5.70 Å². The van der Waals surface area contributed by atoms with Crippen LogP contribution in [0.15, 0.2) is 11.8 Å². The normalized spacial score (nSPS) is 30.9. The molecule has 0 aromatic rings. The van der Waals surface area contributed by atoms with E-state index < -0.39 is 0 Å². The standard InChI is InChI=1S/C6H8N2O/c9-6-7-4-2-1-3-5(4)8-6/h2,5H,1,3H2,(H2,7,8,9). The van der Waals surface area contributed by atoms with Crippen LogP contribution in [0.5, 0.6) is 0 Å².